The lowest BCUT2D eigenvalue weighted by atomic mass is 10.0. The minimum atomic E-state index is -4.16. The van der Waals surface area contributed by atoms with E-state index in [0.717, 1.165) is 124 Å². The molecule has 30 nitrogen and oxygen atoms in total. The molecule has 6 aliphatic rings. The van der Waals surface area contributed by atoms with E-state index in [2.05, 4.69) is 65.6 Å². The van der Waals surface area contributed by atoms with Crippen LogP contribution in [0.1, 0.15) is 186 Å². The minimum absolute atomic E-state index is 0.000597. The Morgan fingerprint density at radius 1 is 0.512 bits per heavy atom. The number of Topliss-reactive ketones (excluding diaryl/α,β-unsaturated/α-hetero) is 2. The molecule has 3 saturated heterocycles. The largest absolute Gasteiger partial charge is 0.484 e. The summed E-state index contributed by atoms with van der Waals surface area (Å²) in [5, 5.41) is 27.9. The molecule has 4 amide bonds. The van der Waals surface area contributed by atoms with Gasteiger partial charge in [0.1, 0.15) is 59.5 Å². The number of likely N-dealkylation sites (tertiary alicyclic amines) is 2. The van der Waals surface area contributed by atoms with Crippen LogP contribution < -0.4 is 45.3 Å². The SMILES string of the molecule is N#COCCCCN=C=O.[C-]#[N+]c1cc(Cl)cc2c1C[C@H](N1CCCCC1)[C@H]2Oc1ccc(S(=O)(=O)NC(=O)CCCCC(=O)CCCCCNC(=O)NCCCC(=O)CS(=O)(=O)c2ccc(O[C@H]3c4cc(Cl)cc(C#N)c4C[C@@H]3N3CCNCC3)cc2)cc1.[C-]#[N+]c1cc(Cl)cc2c1C[C@H](N1CCCCC1)[C@H]2Oc1ccc(S(=O)(=O)NC(=O)CCCN)cc1. The van der Waals surface area contributed by atoms with Crippen LogP contribution in [0.3, 0.4) is 0 Å². The summed E-state index contributed by atoms with van der Waals surface area (Å²) >= 11 is 19.2. The van der Waals surface area contributed by atoms with Crippen molar-refractivity contribution in [2.24, 2.45) is 10.7 Å². The monoisotopic (exact) mass is 1830 g/mol. The number of piperidine rings is 2. The minimum Gasteiger partial charge on any atom is -0.484 e. The number of carbonyl (C=O) groups excluding carboxylic acids is 6. The quantitative estimate of drug-likeness (QED) is 0.00686. The predicted octanol–water partition coefficient (Wildman–Crippen LogP) is 13.1. The number of fused-ring (bicyclic) bond motifs is 3. The molecular formula is C89H105Cl3N14O16S3. The maximum atomic E-state index is 13.2. The van der Waals surface area contributed by atoms with Crippen LogP contribution in [0.4, 0.5) is 16.2 Å². The number of urea groups is 1. The predicted molar refractivity (Wildman–Crippen MR) is 471 cm³/mol. The highest BCUT2D eigenvalue weighted by Gasteiger charge is 2.44. The molecular weight excluding hydrogens is 1720 g/mol. The van der Waals surface area contributed by atoms with Gasteiger partial charge in [-0.3, -0.25) is 33.9 Å². The molecule has 0 bridgehead atoms. The van der Waals surface area contributed by atoms with Crippen LogP contribution in [0.15, 0.2) is 129 Å². The average molecular weight is 1830 g/mol. The van der Waals surface area contributed by atoms with Crippen LogP contribution in [0.25, 0.3) is 9.69 Å². The third-order valence-electron chi connectivity index (χ3n) is 22.6. The lowest BCUT2D eigenvalue weighted by Gasteiger charge is -2.36. The molecule has 0 unspecified atom stereocenters. The highest BCUT2D eigenvalue weighted by molar-refractivity contribution is 7.92. The Hall–Kier alpha value is -10.1. The summed E-state index contributed by atoms with van der Waals surface area (Å²) in [7, 11) is -12.1. The number of aliphatic imine (C=N–C) groups is 1. The Morgan fingerprint density at radius 2 is 0.936 bits per heavy atom. The number of ketones is 2. The lowest BCUT2D eigenvalue weighted by Crippen LogP contribution is -2.50. The summed E-state index contributed by atoms with van der Waals surface area (Å²) in [6.07, 6.45) is 16.0. The van der Waals surface area contributed by atoms with Crippen LogP contribution in [-0.2, 0) is 77.9 Å². The van der Waals surface area contributed by atoms with Gasteiger partial charge in [-0.05, 0) is 272 Å². The number of benzene rings is 6. The first-order chi connectivity index (χ1) is 60.2. The smallest absolute Gasteiger partial charge is 0.314 e. The number of amides is 4. The molecule has 36 heteroatoms. The topological polar surface area (TPSA) is 406 Å². The number of nitrogens with two attached hydrogens (primary N) is 1. The maximum Gasteiger partial charge on any atom is 0.314 e. The van der Waals surface area contributed by atoms with Crippen molar-refractivity contribution in [3.63, 3.8) is 0 Å². The van der Waals surface area contributed by atoms with Crippen molar-refractivity contribution in [3.05, 3.63) is 186 Å². The van der Waals surface area contributed by atoms with E-state index in [-0.39, 0.29) is 83.3 Å². The molecule has 0 aromatic heterocycles. The number of hydrogen-bond donors (Lipinski definition) is 6. The molecule has 12 rings (SSSR count). The second kappa shape index (κ2) is 48.0. The number of sulfonamides is 2. The van der Waals surface area contributed by atoms with Gasteiger partial charge in [0.05, 0.1) is 64.1 Å². The second-order valence-corrected chi connectivity index (χ2v) is 38.0. The number of sulfone groups is 1. The van der Waals surface area contributed by atoms with Gasteiger partial charge in [0.15, 0.2) is 21.2 Å². The molecule has 0 spiro atoms. The van der Waals surface area contributed by atoms with Crippen molar-refractivity contribution in [3.8, 4) is 29.6 Å². The van der Waals surface area contributed by atoms with Gasteiger partial charge in [-0.1, -0.05) is 54.1 Å². The summed E-state index contributed by atoms with van der Waals surface area (Å²) in [5.74, 6) is -0.993. The van der Waals surface area contributed by atoms with E-state index in [0.29, 0.717) is 140 Å². The normalized spacial score (nSPS) is 18.5. The van der Waals surface area contributed by atoms with Crippen LogP contribution in [0, 0.1) is 36.0 Å². The van der Waals surface area contributed by atoms with E-state index >= 15 is 0 Å². The van der Waals surface area contributed by atoms with Crippen LogP contribution in [-0.4, -0.2) is 184 Å². The molecule has 6 aromatic carbocycles. The maximum absolute atomic E-state index is 13.2. The first kappa shape index (κ1) is 97.1. The number of nitrogens with one attached hydrogen (secondary N) is 5. The van der Waals surface area contributed by atoms with E-state index in [1.54, 1.807) is 60.9 Å². The Kier molecular flexibility index (Phi) is 37.3. The number of unbranched alkanes of at least 4 members (excludes halogenated alkanes) is 4. The number of ether oxygens (including phenoxy) is 4. The van der Waals surface area contributed by atoms with Gasteiger partial charge >= 0.3 is 6.03 Å². The van der Waals surface area contributed by atoms with Crippen LogP contribution >= 0.6 is 34.8 Å². The van der Waals surface area contributed by atoms with Crippen molar-refractivity contribution in [1.82, 2.24) is 40.1 Å². The van der Waals surface area contributed by atoms with Crippen molar-refractivity contribution in [2.75, 3.05) is 90.9 Å². The number of rotatable bonds is 39. The van der Waals surface area contributed by atoms with Crippen molar-refractivity contribution >= 4 is 112 Å². The highest BCUT2D eigenvalue weighted by Crippen LogP contribution is 2.47. The summed E-state index contributed by atoms with van der Waals surface area (Å²) in [4.78, 5) is 89.4. The molecule has 6 aromatic rings. The number of nitrogens with zero attached hydrogens (tertiary/aromatic N) is 8. The van der Waals surface area contributed by atoms with Gasteiger partial charge in [0, 0.05) is 86.4 Å². The zero-order valence-electron chi connectivity index (χ0n) is 69.6. The number of isocyanates is 1. The Morgan fingerprint density at radius 3 is 1.40 bits per heavy atom. The van der Waals surface area contributed by atoms with E-state index in [1.807, 2.05) is 18.2 Å². The zero-order chi connectivity index (χ0) is 89.5. The van der Waals surface area contributed by atoms with Gasteiger partial charge in [-0.2, -0.15) is 10.5 Å². The summed E-state index contributed by atoms with van der Waals surface area (Å²) in [6, 6.07) is 30.4. The lowest BCUT2D eigenvalue weighted by molar-refractivity contribution is -0.121. The van der Waals surface area contributed by atoms with Crippen LogP contribution in [0.5, 0.6) is 17.2 Å². The molecule has 3 aliphatic heterocycles. The molecule has 3 aliphatic carbocycles. The first-order valence-electron chi connectivity index (χ1n) is 42.2. The molecule has 666 valence electrons. The Labute approximate surface area is 746 Å². The van der Waals surface area contributed by atoms with Crippen molar-refractivity contribution < 1.29 is 73.0 Å². The number of halogens is 3. The second-order valence-electron chi connectivity index (χ2n) is 31.4. The molecule has 3 heterocycles. The van der Waals surface area contributed by atoms with Gasteiger partial charge in [-0.15, -0.1) is 0 Å². The van der Waals surface area contributed by atoms with E-state index in [4.69, 9.17) is 73.2 Å². The van der Waals surface area contributed by atoms with Crippen molar-refractivity contribution in [2.45, 2.75) is 199 Å². The number of piperazine rings is 1. The number of nitriles is 2. The zero-order valence-corrected chi connectivity index (χ0v) is 74.3. The summed E-state index contributed by atoms with van der Waals surface area (Å²) in [6.45, 7) is 24.1. The Bertz CT molecular complexity index is 5120. The fourth-order valence-corrected chi connectivity index (χ4v) is 20.4. The molecule has 6 atom stereocenters. The van der Waals surface area contributed by atoms with Gasteiger partial charge in [0.25, 0.3) is 26.3 Å². The Balaban J connectivity index is 0.000000296. The fourth-order valence-electron chi connectivity index (χ4n) is 16.4. The molecule has 3 fully saturated rings. The van der Waals surface area contributed by atoms with Gasteiger partial charge in [0.2, 0.25) is 17.9 Å². The molecule has 7 N–H and O–H groups in total. The fraction of sp³-hybridized carbons (Fsp3) is 0.483. The van der Waals surface area contributed by atoms with E-state index in [9.17, 15) is 59.3 Å². The average Bonchev–Trinajstić information content (AvgIpc) is 1.63. The molecule has 0 saturated carbocycles. The summed E-state index contributed by atoms with van der Waals surface area (Å²) < 4.78 is 106. The van der Waals surface area contributed by atoms with E-state index in [1.165, 1.54) is 55.3 Å². The van der Waals surface area contributed by atoms with Gasteiger partial charge in [-0.25, -0.2) is 59.0 Å². The third-order valence-corrected chi connectivity index (χ3v) is 27.8. The van der Waals surface area contributed by atoms with Crippen molar-refractivity contribution in [1.29, 1.82) is 10.5 Å². The number of hydrogen-bond acceptors (Lipinski definition) is 24. The first-order valence-corrected chi connectivity index (χ1v) is 48.0. The van der Waals surface area contributed by atoms with E-state index < -0.39 is 71.5 Å². The molecule has 0 radical (unpaired) electrons. The van der Waals surface area contributed by atoms with Crippen LogP contribution in [0.2, 0.25) is 15.1 Å². The third kappa shape index (κ3) is 28.2. The molecule has 125 heavy (non-hydrogen) atoms. The highest BCUT2D eigenvalue weighted by atomic mass is 35.5. The number of carbonyl (C=O) groups is 5. The standard InChI is InChI=1S/C58H68Cl2N8O10S2.C25H29ClN4O4S.C6H8N2O2/c1-62-52-34-41(60)33-51-49(52)36-54(67-27-8-3-9-28-67)57(51)78-45-17-21-47(22-18-45)80(75,76)66-55(71)14-6-5-12-42(69)11-4-2-7-23-64-58(72)65-24-10-13-43(70)38-79(73,74)46-19-15-44(16-20-46)77-56-50-32-40(59)31-39(37-61)48(50)35-53(56)68-29-25-63-26-30-68;1-28-22-15-17(26)14-21-20(22)16-23(30-12-3-2-4-13-30)25(21)34-18-7-9-19(10-8-18)35(32,33)29-24(31)6-5-11-27;7-5-10-4-2-1-3-8-6-9/h15-22,31-34,53-54,56-57,63H,2-14,23-30,35-36,38H2,(H,66,71)(H2,64,65,72);7-10,14-15,23,25H,2-6,11-13,16,27H2,(H,29,31);1-4H2/t53-,54-,56-,57-;23-,25-;/m00./s1. The van der Waals surface area contributed by atoms with Gasteiger partial charge < -0.3 is 40.6 Å². The summed E-state index contributed by atoms with van der Waals surface area (Å²) in [5.41, 5.74) is 12.3.